The van der Waals surface area contributed by atoms with Crippen molar-refractivity contribution in [1.82, 2.24) is 5.32 Å². The molecule has 1 heterocycles. The van der Waals surface area contributed by atoms with Gasteiger partial charge in [0.1, 0.15) is 0 Å². The third-order valence-corrected chi connectivity index (χ3v) is 5.45. The molecule has 0 spiro atoms. The molecular formula is C26H23ClN2O5. The largest absolute Gasteiger partial charge is 0.493 e. The van der Waals surface area contributed by atoms with E-state index in [1.165, 1.54) is 0 Å². The first-order chi connectivity index (χ1) is 16.5. The number of ether oxygens (including phenoxy) is 3. The molecule has 3 aromatic carbocycles. The van der Waals surface area contributed by atoms with Crippen LogP contribution in [-0.4, -0.2) is 25.5 Å². The van der Waals surface area contributed by atoms with Gasteiger partial charge < -0.3 is 24.8 Å². The van der Waals surface area contributed by atoms with Gasteiger partial charge in [-0.3, -0.25) is 9.59 Å². The minimum Gasteiger partial charge on any atom is -0.493 e. The molecule has 174 valence electrons. The number of nitrogens with one attached hydrogen (secondary N) is 2. The summed E-state index contributed by atoms with van der Waals surface area (Å²) in [5, 5.41) is 6.14. The maximum atomic E-state index is 12.7. The molecule has 0 radical (unpaired) electrons. The highest BCUT2D eigenvalue weighted by atomic mass is 35.5. The van der Waals surface area contributed by atoms with Crippen LogP contribution in [0.4, 0.5) is 5.69 Å². The SMILES string of the molecule is CCOc1ccc(CNC(=O)c2ccc3c(c2)NC(=O)C(=Cc2ccccc2Cl)O3)cc1OC. The number of halogens is 1. The van der Waals surface area contributed by atoms with Crippen molar-refractivity contribution in [1.29, 1.82) is 0 Å². The van der Waals surface area contributed by atoms with Crippen molar-refractivity contribution in [2.24, 2.45) is 0 Å². The van der Waals surface area contributed by atoms with E-state index in [2.05, 4.69) is 10.6 Å². The standard InChI is InChI=1S/C26H23ClN2O5/c1-3-33-22-10-8-16(12-23(22)32-2)15-28-25(30)18-9-11-21-20(13-18)29-26(31)24(34-21)14-17-6-4-5-7-19(17)27/h4-14H,3,15H2,1-2H3,(H,28,30)(H,29,31). The Hall–Kier alpha value is -3.97. The van der Waals surface area contributed by atoms with Crippen LogP contribution in [0, 0.1) is 0 Å². The highest BCUT2D eigenvalue weighted by Gasteiger charge is 2.23. The number of carbonyl (C=O) groups is 2. The number of amides is 2. The van der Waals surface area contributed by atoms with E-state index in [0.717, 1.165) is 5.56 Å². The van der Waals surface area contributed by atoms with Gasteiger partial charge in [-0.15, -0.1) is 0 Å². The number of rotatable bonds is 7. The second-order valence-electron chi connectivity index (χ2n) is 7.40. The quantitative estimate of drug-likeness (QED) is 0.464. The van der Waals surface area contributed by atoms with E-state index in [1.807, 2.05) is 31.2 Å². The molecule has 0 aliphatic carbocycles. The van der Waals surface area contributed by atoms with Crippen molar-refractivity contribution in [3.8, 4) is 17.2 Å². The summed E-state index contributed by atoms with van der Waals surface area (Å²) < 4.78 is 16.6. The van der Waals surface area contributed by atoms with Gasteiger partial charge in [-0.2, -0.15) is 0 Å². The van der Waals surface area contributed by atoms with Gasteiger partial charge >= 0.3 is 0 Å². The molecule has 2 amide bonds. The summed E-state index contributed by atoms with van der Waals surface area (Å²) in [4.78, 5) is 25.2. The first-order valence-corrected chi connectivity index (χ1v) is 11.0. The fourth-order valence-electron chi connectivity index (χ4n) is 3.42. The predicted octanol–water partition coefficient (Wildman–Crippen LogP) is 5.05. The number of carbonyl (C=O) groups excluding carboxylic acids is 2. The van der Waals surface area contributed by atoms with Crippen LogP contribution in [0.15, 0.2) is 66.4 Å². The predicted molar refractivity (Wildman–Crippen MR) is 130 cm³/mol. The van der Waals surface area contributed by atoms with Gasteiger partial charge in [0.2, 0.25) is 0 Å². The third kappa shape index (κ3) is 5.15. The normalized spacial score (nSPS) is 13.5. The van der Waals surface area contributed by atoms with E-state index in [-0.39, 0.29) is 11.7 Å². The molecule has 4 rings (SSSR count). The fourth-order valence-corrected chi connectivity index (χ4v) is 3.61. The summed E-state index contributed by atoms with van der Waals surface area (Å²) in [5.41, 5.74) is 2.33. The molecule has 0 bridgehead atoms. The number of fused-ring (bicyclic) bond motifs is 1. The summed E-state index contributed by atoms with van der Waals surface area (Å²) in [6, 6.07) is 17.5. The Kier molecular flexibility index (Phi) is 7.04. The molecular weight excluding hydrogens is 456 g/mol. The van der Waals surface area contributed by atoms with Crippen LogP contribution in [0.3, 0.4) is 0 Å². The highest BCUT2D eigenvalue weighted by molar-refractivity contribution is 6.32. The molecule has 3 aromatic rings. The van der Waals surface area contributed by atoms with Gasteiger partial charge in [-0.1, -0.05) is 35.9 Å². The maximum absolute atomic E-state index is 12.7. The Balaban J connectivity index is 1.45. The van der Waals surface area contributed by atoms with Crippen molar-refractivity contribution in [3.05, 3.63) is 88.1 Å². The lowest BCUT2D eigenvalue weighted by atomic mass is 10.1. The lowest BCUT2D eigenvalue weighted by Gasteiger charge is -2.20. The summed E-state index contributed by atoms with van der Waals surface area (Å²) in [7, 11) is 1.57. The number of methoxy groups -OCH3 is 1. The van der Waals surface area contributed by atoms with Crippen molar-refractivity contribution in [2.75, 3.05) is 19.0 Å². The molecule has 34 heavy (non-hydrogen) atoms. The summed E-state index contributed by atoms with van der Waals surface area (Å²) in [6.45, 7) is 2.73. The van der Waals surface area contributed by atoms with E-state index in [1.54, 1.807) is 49.6 Å². The Labute approximate surface area is 202 Å². The monoisotopic (exact) mass is 478 g/mol. The second kappa shape index (κ2) is 10.3. The van der Waals surface area contributed by atoms with Crippen LogP contribution in [0.1, 0.15) is 28.4 Å². The smallest absolute Gasteiger partial charge is 0.291 e. The van der Waals surface area contributed by atoms with Gasteiger partial charge in [-0.25, -0.2) is 0 Å². The number of hydrogen-bond acceptors (Lipinski definition) is 5. The summed E-state index contributed by atoms with van der Waals surface area (Å²) in [5.74, 6) is 1.08. The molecule has 0 saturated carbocycles. The van der Waals surface area contributed by atoms with E-state index in [0.29, 0.717) is 52.2 Å². The number of benzene rings is 3. The van der Waals surface area contributed by atoms with Gasteiger partial charge in [0, 0.05) is 17.1 Å². The topological polar surface area (TPSA) is 85.9 Å². The average molecular weight is 479 g/mol. The minimum atomic E-state index is -0.425. The van der Waals surface area contributed by atoms with E-state index in [4.69, 9.17) is 25.8 Å². The molecule has 7 nitrogen and oxygen atoms in total. The van der Waals surface area contributed by atoms with E-state index in [9.17, 15) is 9.59 Å². The molecule has 8 heteroatoms. The van der Waals surface area contributed by atoms with Gasteiger partial charge in [0.05, 0.1) is 19.4 Å². The van der Waals surface area contributed by atoms with Crippen molar-refractivity contribution < 1.29 is 23.8 Å². The number of hydrogen-bond donors (Lipinski definition) is 2. The molecule has 0 atom stereocenters. The summed E-state index contributed by atoms with van der Waals surface area (Å²) >= 11 is 6.17. The minimum absolute atomic E-state index is 0.113. The first kappa shape index (κ1) is 23.2. The van der Waals surface area contributed by atoms with Crippen LogP contribution in [0.5, 0.6) is 17.2 Å². The Morgan fingerprint density at radius 1 is 1.12 bits per heavy atom. The van der Waals surface area contributed by atoms with E-state index >= 15 is 0 Å². The van der Waals surface area contributed by atoms with Crippen LogP contribution in [0.2, 0.25) is 5.02 Å². The lowest BCUT2D eigenvalue weighted by molar-refractivity contribution is -0.115. The Bertz CT molecular complexity index is 1270. The number of anilines is 1. The van der Waals surface area contributed by atoms with Crippen molar-refractivity contribution in [2.45, 2.75) is 13.5 Å². The molecule has 1 aliphatic rings. The van der Waals surface area contributed by atoms with Crippen LogP contribution in [0.25, 0.3) is 6.08 Å². The molecule has 2 N–H and O–H groups in total. The van der Waals surface area contributed by atoms with Crippen molar-refractivity contribution in [3.63, 3.8) is 0 Å². The molecule has 0 aromatic heterocycles. The Morgan fingerprint density at radius 3 is 2.71 bits per heavy atom. The molecule has 0 unspecified atom stereocenters. The van der Waals surface area contributed by atoms with Crippen LogP contribution >= 0.6 is 11.6 Å². The Morgan fingerprint density at radius 2 is 1.94 bits per heavy atom. The zero-order valence-corrected chi connectivity index (χ0v) is 19.4. The van der Waals surface area contributed by atoms with Gasteiger partial charge in [0.15, 0.2) is 23.0 Å². The summed E-state index contributed by atoms with van der Waals surface area (Å²) in [6.07, 6.45) is 1.58. The maximum Gasteiger partial charge on any atom is 0.291 e. The van der Waals surface area contributed by atoms with Gasteiger partial charge in [-0.05, 0) is 60.5 Å². The second-order valence-corrected chi connectivity index (χ2v) is 7.81. The zero-order chi connectivity index (χ0) is 24.1. The zero-order valence-electron chi connectivity index (χ0n) is 18.7. The third-order valence-electron chi connectivity index (χ3n) is 5.11. The molecule has 1 aliphatic heterocycles. The fraction of sp³-hybridized carbons (Fsp3) is 0.154. The first-order valence-electron chi connectivity index (χ1n) is 10.7. The molecule has 0 fully saturated rings. The van der Waals surface area contributed by atoms with Crippen LogP contribution < -0.4 is 24.8 Å². The van der Waals surface area contributed by atoms with Gasteiger partial charge in [0.25, 0.3) is 11.8 Å². The highest BCUT2D eigenvalue weighted by Crippen LogP contribution is 2.33. The lowest BCUT2D eigenvalue weighted by Crippen LogP contribution is -2.25. The van der Waals surface area contributed by atoms with Crippen LogP contribution in [-0.2, 0) is 11.3 Å². The van der Waals surface area contributed by atoms with E-state index < -0.39 is 5.91 Å². The van der Waals surface area contributed by atoms with Crippen molar-refractivity contribution >= 4 is 35.2 Å². The average Bonchev–Trinajstić information content (AvgIpc) is 2.84. The molecule has 0 saturated heterocycles.